The fourth-order valence-corrected chi connectivity index (χ4v) is 5.15. The van der Waals surface area contributed by atoms with Gasteiger partial charge in [0.15, 0.2) is 0 Å². The van der Waals surface area contributed by atoms with Gasteiger partial charge >= 0.3 is 0 Å². The van der Waals surface area contributed by atoms with Gasteiger partial charge in [0.2, 0.25) is 5.88 Å². The third kappa shape index (κ3) is 5.98. The standard InChI is InChI=1S/C33H34N4O3/c1-3-7-30-29(20-23-10-12-24(13-11-23)28-9-6-5-8-25(28)21-34)33(38)37(31(4-2)36-30)26-14-15-32(35-22-26)40-27-16-18-39-19-17-27/h5-6,8-15,22,27H,3-4,7,16-20H2,1-2H3. The molecule has 2 aromatic carbocycles. The molecule has 40 heavy (non-hydrogen) atoms. The Balaban J connectivity index is 1.46. The minimum Gasteiger partial charge on any atom is -0.474 e. The van der Waals surface area contributed by atoms with Crippen molar-refractivity contribution >= 4 is 0 Å². The first kappa shape index (κ1) is 27.3. The van der Waals surface area contributed by atoms with Crippen molar-refractivity contribution in [1.82, 2.24) is 14.5 Å². The number of aryl methyl sites for hydroxylation is 2. The van der Waals surface area contributed by atoms with Crippen molar-refractivity contribution in [3.8, 4) is 28.8 Å². The van der Waals surface area contributed by atoms with Crippen LogP contribution in [0.5, 0.6) is 5.88 Å². The third-order valence-electron chi connectivity index (χ3n) is 7.26. The number of hydrogen-bond donors (Lipinski definition) is 0. The Bertz CT molecular complexity index is 1550. The monoisotopic (exact) mass is 534 g/mol. The summed E-state index contributed by atoms with van der Waals surface area (Å²) in [5, 5.41) is 9.48. The Morgan fingerprint density at radius 3 is 2.50 bits per heavy atom. The summed E-state index contributed by atoms with van der Waals surface area (Å²) < 4.78 is 13.1. The molecule has 1 saturated heterocycles. The van der Waals surface area contributed by atoms with Crippen LogP contribution in [0.25, 0.3) is 16.8 Å². The molecule has 1 fully saturated rings. The van der Waals surface area contributed by atoms with Crippen LogP contribution in [-0.4, -0.2) is 33.9 Å². The molecule has 3 heterocycles. The number of nitriles is 1. The Labute approximate surface area is 235 Å². The molecule has 4 aromatic rings. The molecule has 0 N–H and O–H groups in total. The van der Waals surface area contributed by atoms with Crippen LogP contribution in [-0.2, 0) is 24.0 Å². The second-order valence-corrected chi connectivity index (χ2v) is 10.0. The molecule has 0 saturated carbocycles. The molecule has 1 aliphatic rings. The minimum atomic E-state index is -0.0610. The number of hydrogen-bond acceptors (Lipinski definition) is 6. The lowest BCUT2D eigenvalue weighted by Crippen LogP contribution is -2.29. The lowest BCUT2D eigenvalue weighted by atomic mass is 9.97. The molecule has 0 spiro atoms. The summed E-state index contributed by atoms with van der Waals surface area (Å²) in [6.45, 7) is 5.52. The first-order valence-corrected chi connectivity index (χ1v) is 14.0. The van der Waals surface area contributed by atoms with Gasteiger partial charge in [0.25, 0.3) is 5.56 Å². The van der Waals surface area contributed by atoms with E-state index in [9.17, 15) is 10.1 Å². The maximum Gasteiger partial charge on any atom is 0.261 e. The van der Waals surface area contributed by atoms with Crippen LogP contribution in [0.3, 0.4) is 0 Å². The summed E-state index contributed by atoms with van der Waals surface area (Å²) in [4.78, 5) is 23.5. The SMILES string of the molecule is CCCc1nc(CC)n(-c2ccc(OC3CCOCC3)nc2)c(=O)c1Cc1ccc(-c2ccccc2C#N)cc1. The average Bonchev–Trinajstić information content (AvgIpc) is 3.00. The zero-order valence-corrected chi connectivity index (χ0v) is 23.1. The van der Waals surface area contributed by atoms with Gasteiger partial charge in [-0.2, -0.15) is 5.26 Å². The molecule has 0 amide bonds. The van der Waals surface area contributed by atoms with Crippen molar-refractivity contribution in [2.75, 3.05) is 13.2 Å². The molecular formula is C33H34N4O3. The van der Waals surface area contributed by atoms with Gasteiger partial charge in [0.1, 0.15) is 11.9 Å². The molecule has 7 nitrogen and oxygen atoms in total. The zero-order chi connectivity index (χ0) is 27.9. The lowest BCUT2D eigenvalue weighted by Gasteiger charge is -2.22. The largest absolute Gasteiger partial charge is 0.474 e. The smallest absolute Gasteiger partial charge is 0.261 e. The molecule has 7 heteroatoms. The second kappa shape index (κ2) is 12.7. The van der Waals surface area contributed by atoms with Crippen molar-refractivity contribution in [1.29, 1.82) is 5.26 Å². The fraction of sp³-hybridized carbons (Fsp3) is 0.333. The van der Waals surface area contributed by atoms with E-state index in [2.05, 4.69) is 18.0 Å². The summed E-state index contributed by atoms with van der Waals surface area (Å²) in [5.74, 6) is 1.27. The number of ether oxygens (including phenoxy) is 2. The fourth-order valence-electron chi connectivity index (χ4n) is 5.15. The van der Waals surface area contributed by atoms with Gasteiger partial charge in [-0.1, -0.05) is 62.7 Å². The van der Waals surface area contributed by atoms with E-state index in [1.54, 1.807) is 10.8 Å². The molecule has 0 bridgehead atoms. The molecular weight excluding hydrogens is 500 g/mol. The molecule has 2 aromatic heterocycles. The summed E-state index contributed by atoms with van der Waals surface area (Å²) in [5.41, 5.74) is 5.70. The molecule has 0 atom stereocenters. The number of benzene rings is 2. The van der Waals surface area contributed by atoms with E-state index < -0.39 is 0 Å². The van der Waals surface area contributed by atoms with Crippen LogP contribution in [0.1, 0.15) is 61.3 Å². The molecule has 0 aliphatic carbocycles. The highest BCUT2D eigenvalue weighted by Gasteiger charge is 2.19. The summed E-state index contributed by atoms with van der Waals surface area (Å²) >= 11 is 0. The van der Waals surface area contributed by atoms with Crippen molar-refractivity contribution in [3.05, 3.63) is 105 Å². The van der Waals surface area contributed by atoms with Gasteiger partial charge in [-0.15, -0.1) is 0 Å². The maximum atomic E-state index is 14.0. The van der Waals surface area contributed by atoms with E-state index in [-0.39, 0.29) is 11.7 Å². The molecule has 0 unspecified atom stereocenters. The topological polar surface area (TPSA) is 90.0 Å². The van der Waals surface area contributed by atoms with Gasteiger partial charge < -0.3 is 9.47 Å². The summed E-state index contributed by atoms with van der Waals surface area (Å²) in [7, 11) is 0. The predicted molar refractivity (Wildman–Crippen MR) is 155 cm³/mol. The Hall–Kier alpha value is -4.28. The minimum absolute atomic E-state index is 0.0610. The van der Waals surface area contributed by atoms with E-state index in [0.717, 1.165) is 53.9 Å². The molecule has 5 rings (SSSR count). The normalized spacial score (nSPS) is 13.6. The van der Waals surface area contributed by atoms with Crippen molar-refractivity contribution in [2.24, 2.45) is 0 Å². The Morgan fingerprint density at radius 1 is 1.05 bits per heavy atom. The van der Waals surface area contributed by atoms with Gasteiger partial charge in [0, 0.05) is 37.3 Å². The van der Waals surface area contributed by atoms with E-state index >= 15 is 0 Å². The predicted octanol–water partition coefficient (Wildman–Crippen LogP) is 5.83. The quantitative estimate of drug-likeness (QED) is 0.268. The number of nitrogens with zero attached hydrogens (tertiary/aromatic N) is 4. The van der Waals surface area contributed by atoms with Gasteiger partial charge in [-0.3, -0.25) is 9.36 Å². The van der Waals surface area contributed by atoms with Crippen LogP contribution >= 0.6 is 0 Å². The summed E-state index contributed by atoms with van der Waals surface area (Å²) in [6.07, 6.45) is 6.23. The van der Waals surface area contributed by atoms with Crippen molar-refractivity contribution in [3.63, 3.8) is 0 Å². The highest BCUT2D eigenvalue weighted by Crippen LogP contribution is 2.25. The highest BCUT2D eigenvalue weighted by molar-refractivity contribution is 5.70. The number of rotatable bonds is 9. The van der Waals surface area contributed by atoms with E-state index in [4.69, 9.17) is 14.5 Å². The first-order valence-electron chi connectivity index (χ1n) is 14.0. The first-order chi connectivity index (χ1) is 19.6. The zero-order valence-electron chi connectivity index (χ0n) is 23.1. The van der Waals surface area contributed by atoms with Crippen LogP contribution in [0, 0.1) is 11.3 Å². The Morgan fingerprint density at radius 2 is 1.82 bits per heavy atom. The van der Waals surface area contributed by atoms with Crippen LogP contribution in [0.15, 0.2) is 71.7 Å². The van der Waals surface area contributed by atoms with Crippen molar-refractivity contribution in [2.45, 2.75) is 58.5 Å². The third-order valence-corrected chi connectivity index (χ3v) is 7.26. The van der Waals surface area contributed by atoms with Crippen molar-refractivity contribution < 1.29 is 9.47 Å². The van der Waals surface area contributed by atoms with E-state index in [1.165, 1.54) is 0 Å². The lowest BCUT2D eigenvalue weighted by molar-refractivity contribution is 0.0237. The van der Waals surface area contributed by atoms with E-state index in [1.807, 2.05) is 67.6 Å². The van der Waals surface area contributed by atoms with Gasteiger partial charge in [0.05, 0.1) is 42.4 Å². The molecule has 204 valence electrons. The van der Waals surface area contributed by atoms with Crippen LogP contribution < -0.4 is 10.3 Å². The second-order valence-electron chi connectivity index (χ2n) is 10.0. The van der Waals surface area contributed by atoms with E-state index in [0.29, 0.717) is 48.7 Å². The number of pyridine rings is 1. The number of aromatic nitrogens is 3. The van der Waals surface area contributed by atoms with Crippen LogP contribution in [0.2, 0.25) is 0 Å². The summed E-state index contributed by atoms with van der Waals surface area (Å²) in [6, 6.07) is 21.6. The average molecular weight is 535 g/mol. The van der Waals surface area contributed by atoms with Crippen LogP contribution in [0.4, 0.5) is 0 Å². The Kier molecular flexibility index (Phi) is 8.68. The van der Waals surface area contributed by atoms with Gasteiger partial charge in [-0.05, 0) is 35.2 Å². The molecule has 1 aliphatic heterocycles. The maximum absolute atomic E-state index is 14.0. The highest BCUT2D eigenvalue weighted by atomic mass is 16.5. The molecule has 0 radical (unpaired) electrons. The van der Waals surface area contributed by atoms with Gasteiger partial charge in [-0.25, -0.2) is 9.97 Å².